The number of phenols is 4. The quantitative estimate of drug-likeness (QED) is 0.0170. The summed E-state index contributed by atoms with van der Waals surface area (Å²) in [6, 6.07) is 52.2. The zero-order valence-electron chi connectivity index (χ0n) is 62.6. The van der Waals surface area contributed by atoms with Gasteiger partial charge in [-0.1, -0.05) is 66.6 Å². The Hall–Kier alpha value is -11.8. The molecule has 16 rings (SSSR count). The lowest BCUT2D eigenvalue weighted by atomic mass is 9.79. The molecule has 5 aromatic heterocycles. The van der Waals surface area contributed by atoms with Crippen LogP contribution in [0.4, 0.5) is 9.59 Å². The molecule has 3 fully saturated rings. The van der Waals surface area contributed by atoms with Crippen LogP contribution < -0.4 is 45.7 Å². The first-order valence-corrected chi connectivity index (χ1v) is 38.3. The molecule has 8 amide bonds. The summed E-state index contributed by atoms with van der Waals surface area (Å²) in [5, 5.41) is 56.6. The third-order valence-corrected chi connectivity index (χ3v) is 21.2. The molecule has 11 aromatic rings. The van der Waals surface area contributed by atoms with Crippen LogP contribution in [0.1, 0.15) is 65.3 Å². The Morgan fingerprint density at radius 2 is 0.974 bits per heavy atom. The fraction of sp³-hybridized carbons (Fsp3) is 0.195. The lowest BCUT2D eigenvalue weighted by Gasteiger charge is -2.32. The number of urea groups is 2. The van der Waals surface area contributed by atoms with Crippen LogP contribution in [0.5, 0.6) is 51.7 Å². The Labute approximate surface area is 698 Å². The molecule has 5 aliphatic heterocycles. The fourth-order valence-corrected chi connectivity index (χ4v) is 14.2. The van der Waals surface area contributed by atoms with Gasteiger partial charge < -0.3 is 78.6 Å². The minimum Gasteiger partial charge on any atom is -0.508 e. The number of carbonyl (C=O) groups excluding carboxylic acids is 6. The van der Waals surface area contributed by atoms with Crippen LogP contribution in [0.15, 0.2) is 206 Å². The molecule has 0 saturated carbocycles. The van der Waals surface area contributed by atoms with Gasteiger partial charge in [-0.15, -0.1) is 6.42 Å². The summed E-state index contributed by atoms with van der Waals surface area (Å²) in [7, 11) is 5.85. The number of nitrogens with one attached hydrogen (secondary N) is 4. The van der Waals surface area contributed by atoms with Gasteiger partial charge in [0, 0.05) is 47.0 Å². The molecule has 0 spiro atoms. The van der Waals surface area contributed by atoms with E-state index in [1.807, 2.05) is 76.2 Å². The Morgan fingerprint density at radius 3 is 1.43 bits per heavy atom. The topological polar surface area (TPSA) is 378 Å². The highest BCUT2D eigenvalue weighted by molar-refractivity contribution is 14.1. The van der Waals surface area contributed by atoms with Gasteiger partial charge in [-0.05, 0) is 236 Å². The highest BCUT2D eigenvalue weighted by atomic mass is 127. The number of benzene rings is 6. The van der Waals surface area contributed by atoms with Crippen LogP contribution in [0.25, 0.3) is 44.9 Å². The van der Waals surface area contributed by atoms with E-state index in [4.69, 9.17) is 39.1 Å². The minimum absolute atomic E-state index is 0.0864. The number of aromatic hydroxyl groups is 5. The van der Waals surface area contributed by atoms with Gasteiger partial charge >= 0.3 is 19.2 Å². The second-order valence-electron chi connectivity index (χ2n) is 27.0. The lowest BCUT2D eigenvalue weighted by molar-refractivity contribution is -0.125. The van der Waals surface area contributed by atoms with Gasteiger partial charge in [-0.2, -0.15) is 0 Å². The molecule has 0 radical (unpaired) electrons. The maximum absolute atomic E-state index is 13.2. The minimum atomic E-state index is -1.63. The number of phenolic OH excluding ortho intramolecular Hbond substituents is 4. The second kappa shape index (κ2) is 35.7. The zero-order valence-corrected chi connectivity index (χ0v) is 69.5. The van der Waals surface area contributed by atoms with E-state index in [-0.39, 0.29) is 77.2 Å². The Bertz CT molecular complexity index is 5600. The van der Waals surface area contributed by atoms with Crippen molar-refractivity contribution < 1.29 is 87.0 Å². The molecule has 0 aliphatic carbocycles. The van der Waals surface area contributed by atoms with E-state index in [0.717, 1.165) is 47.5 Å². The Morgan fingerprint density at radius 1 is 0.513 bits per heavy atom. The van der Waals surface area contributed by atoms with Crippen LogP contribution in [0, 0.1) is 16.0 Å². The standard InChI is InChI=1S/C26H20N4O6.C15H13N3O4.C12H17BO3.C12H10BrNO2.C11H8BrNO2.C6H5BrINO/c1-35-17-6-5-15-12-30(23(32)18(15)10-17)13-26(24(33)28-25(34)29-26)22-11-20-21(36-22)8-7-19(27-20)14-3-2-4-16(31)9-14;1-3-15(13(20)16-14(21)17-15)8-18-7-9-4-5-10(22-2)6-11(9)12(18)19;1-11(2)12(3,4)16-13(15-11)9-6-5-7-10(14)8-9;1-16-11-6-5-10(14-12(11)13)8-3-2-4-9(15)7-8;12-11-10(15)5-4-9(13-11)7-2-1-3-8(14)6-7;1-10-4-2-3-5(8)9-6(4)7/h2-11,31H,12-13H2,1H3,(H2,28,29,33,34);1,4-6H,7-8H2,2H3,(H2,16,17,20,21);5-8,14H,1-4H3;2-7,15H,1H3;1-6,14-15H;2-3H,1H3/t26-;15-;;;;/m01..../s1. The summed E-state index contributed by atoms with van der Waals surface area (Å²) < 4.78 is 40.9. The number of halogens is 4. The summed E-state index contributed by atoms with van der Waals surface area (Å²) in [6.07, 6.45) is 5.41. The van der Waals surface area contributed by atoms with Gasteiger partial charge in [0.25, 0.3) is 23.6 Å². The van der Waals surface area contributed by atoms with Crippen molar-refractivity contribution in [3.05, 3.63) is 234 Å². The van der Waals surface area contributed by atoms with E-state index in [1.54, 1.807) is 154 Å². The van der Waals surface area contributed by atoms with Gasteiger partial charge in [-0.25, -0.2) is 29.5 Å². The average Bonchev–Trinajstić information content (AvgIpc) is 1.59. The maximum atomic E-state index is 13.2. The van der Waals surface area contributed by atoms with Crippen LogP contribution in [0.3, 0.4) is 0 Å². The van der Waals surface area contributed by atoms with E-state index in [9.17, 15) is 54.3 Å². The first kappa shape index (κ1) is 84.1. The molecule has 115 heavy (non-hydrogen) atoms. The zero-order chi connectivity index (χ0) is 82.8. The molecule has 33 heteroatoms. The van der Waals surface area contributed by atoms with Crippen LogP contribution >= 0.6 is 70.4 Å². The van der Waals surface area contributed by atoms with Gasteiger partial charge in [-0.3, -0.25) is 29.8 Å². The molecular weight excluding hydrogens is 1790 g/mol. The Balaban J connectivity index is 0.000000143. The number of hydrogen-bond acceptors (Lipinski definition) is 22. The largest absolute Gasteiger partial charge is 0.508 e. The molecule has 6 aromatic carbocycles. The highest BCUT2D eigenvalue weighted by Gasteiger charge is 2.54. The monoisotopic (exact) mass is 1860 g/mol. The van der Waals surface area contributed by atoms with Crippen molar-refractivity contribution >= 4 is 130 Å². The number of amides is 8. The number of furan rings is 1. The summed E-state index contributed by atoms with van der Waals surface area (Å²) in [4.78, 5) is 94.4. The molecule has 590 valence electrons. The first-order chi connectivity index (χ1) is 54.8. The number of methoxy groups -OCH3 is 4. The summed E-state index contributed by atoms with van der Waals surface area (Å²) in [5.41, 5.74) is 4.91. The van der Waals surface area contributed by atoms with E-state index < -0.39 is 42.1 Å². The lowest BCUT2D eigenvalue weighted by Crippen LogP contribution is -2.54. The number of ether oxygens (including phenoxy) is 4. The number of imide groups is 2. The van der Waals surface area contributed by atoms with Crippen molar-refractivity contribution in [3.8, 4) is 97.9 Å². The number of nitrogens with zero attached hydrogens (tertiary/aromatic N) is 6. The summed E-state index contributed by atoms with van der Waals surface area (Å²) in [6.45, 7) is 8.40. The van der Waals surface area contributed by atoms with Crippen molar-refractivity contribution in [3.63, 3.8) is 0 Å². The number of terminal acetylenes is 1. The van der Waals surface area contributed by atoms with E-state index in [2.05, 4.69) is 118 Å². The Kier molecular flexibility index (Phi) is 26.1. The summed E-state index contributed by atoms with van der Waals surface area (Å²) >= 11 is 11.9. The molecule has 0 unspecified atom stereocenters. The third-order valence-electron chi connectivity index (χ3n) is 18.9. The normalized spacial score (nSPS) is 17.0. The van der Waals surface area contributed by atoms with Crippen LogP contribution in [-0.4, -0.2) is 156 Å². The number of aromatic nitrogens is 4. The molecule has 2 atom stereocenters. The van der Waals surface area contributed by atoms with Gasteiger partial charge in [0.15, 0.2) is 28.2 Å². The summed E-state index contributed by atoms with van der Waals surface area (Å²) in [5.74, 6) is 4.10. The van der Waals surface area contributed by atoms with Crippen LogP contribution in [0.2, 0.25) is 0 Å². The van der Waals surface area contributed by atoms with Crippen LogP contribution in [-0.2, 0) is 37.5 Å². The van der Waals surface area contributed by atoms with Gasteiger partial charge in [0.1, 0.15) is 69.0 Å². The number of fused-ring (bicyclic) bond motifs is 3. The maximum Gasteiger partial charge on any atom is 0.494 e. The molecule has 10 heterocycles. The second-order valence-corrected chi connectivity index (χ2v) is 30.3. The van der Waals surface area contributed by atoms with E-state index in [1.165, 1.54) is 24.0 Å². The molecule has 0 bridgehead atoms. The fourth-order valence-electron chi connectivity index (χ4n) is 12.2. The van der Waals surface area contributed by atoms with E-state index >= 15 is 0 Å². The van der Waals surface area contributed by atoms with Gasteiger partial charge in [0.05, 0.1) is 69.8 Å². The smallest absolute Gasteiger partial charge is 0.494 e. The molecular formula is C82H73BBr3IN10O18. The number of carbonyl (C=O) groups is 6. The van der Waals surface area contributed by atoms with Crippen molar-refractivity contribution in [2.75, 3.05) is 41.5 Å². The van der Waals surface area contributed by atoms with Crippen molar-refractivity contribution in [2.24, 2.45) is 0 Å². The predicted octanol–water partition coefficient (Wildman–Crippen LogP) is 13.1. The van der Waals surface area contributed by atoms with E-state index in [0.29, 0.717) is 72.2 Å². The SMILES string of the molecule is C#C[C@]1(CN2Cc3ccc(OC)cc3C2=O)NC(=O)NC1=O.CC1(C)OB(c2cccc(O)c2)OC1(C)C.COc1ccc(-c2cccc(O)c2)nc1Br.COc1ccc(I)nc1Br.COc1ccc2c(c1)C(=O)N(C[C@@]1(c3cc4nc(-c5cccc(O)c5)ccc4o3)NC(=O)NC1=O)C2.Oc1cccc(-c2ccc(O)c(Br)n2)c1. The first-order valence-electron chi connectivity index (χ1n) is 34.8. The predicted molar refractivity (Wildman–Crippen MR) is 444 cm³/mol. The van der Waals surface area contributed by atoms with Crippen molar-refractivity contribution in [1.82, 2.24) is 51.0 Å². The van der Waals surface area contributed by atoms with Crippen molar-refractivity contribution in [1.29, 1.82) is 0 Å². The number of rotatable bonds is 13. The third kappa shape index (κ3) is 19.4. The number of hydrogen-bond donors (Lipinski definition) is 9. The molecule has 3 saturated heterocycles. The van der Waals surface area contributed by atoms with Gasteiger partial charge in [0.2, 0.25) is 0 Å². The molecule has 9 N–H and O–H groups in total. The molecule has 5 aliphatic rings. The highest BCUT2D eigenvalue weighted by Crippen LogP contribution is 2.40. The number of pyridine rings is 4. The van der Waals surface area contributed by atoms with Crippen molar-refractivity contribution in [2.45, 2.75) is 63.1 Å². The molecule has 28 nitrogen and oxygen atoms in total. The average molecular weight is 1860 g/mol.